The van der Waals surface area contributed by atoms with E-state index < -0.39 is 0 Å². The minimum atomic E-state index is -0.0686. The van der Waals surface area contributed by atoms with E-state index in [0.717, 1.165) is 17.9 Å². The van der Waals surface area contributed by atoms with Crippen molar-refractivity contribution in [2.24, 2.45) is 5.10 Å². The molecular weight excluding hydrogens is 202 g/mol. The van der Waals surface area contributed by atoms with Crippen LogP contribution in [-0.4, -0.2) is 17.8 Å². The lowest BCUT2D eigenvalue weighted by Crippen LogP contribution is -2.27. The van der Waals surface area contributed by atoms with Crippen molar-refractivity contribution in [3.63, 3.8) is 0 Å². The topological polar surface area (TPSA) is 44.7 Å². The smallest absolute Gasteiger partial charge is 0.222 e. The molecule has 0 aliphatic carbocycles. The normalized spacial score (nSPS) is 19.5. The number of amidine groups is 1. The molecular formula is C12H15N3O. The van der Waals surface area contributed by atoms with E-state index >= 15 is 0 Å². The number of hydrazone groups is 1. The first kappa shape index (κ1) is 10.7. The van der Waals surface area contributed by atoms with Crippen molar-refractivity contribution in [3.05, 3.63) is 30.3 Å². The number of hydrogen-bond donors (Lipinski definition) is 1. The summed E-state index contributed by atoms with van der Waals surface area (Å²) in [6.07, 6.45) is 0.772. The summed E-state index contributed by atoms with van der Waals surface area (Å²) < 4.78 is 0. The fraction of sp³-hybridized carbons (Fsp3) is 0.333. The number of rotatable bonds is 1. The van der Waals surface area contributed by atoms with Gasteiger partial charge in [0.1, 0.15) is 5.84 Å². The molecule has 0 saturated heterocycles. The Kier molecular flexibility index (Phi) is 2.90. The average Bonchev–Trinajstić information content (AvgIpc) is 2.60. The van der Waals surface area contributed by atoms with Gasteiger partial charge < -0.3 is 5.32 Å². The second-order valence-corrected chi connectivity index (χ2v) is 3.96. The molecule has 4 heteroatoms. The largest absolute Gasteiger partial charge is 0.313 e. The zero-order valence-corrected chi connectivity index (χ0v) is 9.47. The monoisotopic (exact) mass is 217 g/mol. The maximum absolute atomic E-state index is 10.9. The molecule has 1 aliphatic heterocycles. The van der Waals surface area contributed by atoms with E-state index in [1.54, 1.807) is 0 Å². The molecule has 0 fully saturated rings. The minimum absolute atomic E-state index is 0.0686. The van der Waals surface area contributed by atoms with Crippen molar-refractivity contribution in [3.8, 4) is 0 Å². The molecule has 1 amide bonds. The number of carbonyl (C=O) groups excluding carboxylic acids is 1. The van der Waals surface area contributed by atoms with Gasteiger partial charge in [-0.2, -0.15) is 5.10 Å². The summed E-state index contributed by atoms with van der Waals surface area (Å²) in [6.45, 7) is 3.59. The van der Waals surface area contributed by atoms with Gasteiger partial charge in [-0.3, -0.25) is 9.80 Å². The first-order valence-corrected chi connectivity index (χ1v) is 5.36. The lowest BCUT2D eigenvalue weighted by atomic mass is 10.2. The predicted molar refractivity (Wildman–Crippen MR) is 64.3 cm³/mol. The van der Waals surface area contributed by atoms with Crippen LogP contribution in [0.15, 0.2) is 35.4 Å². The highest BCUT2D eigenvalue weighted by Gasteiger charge is 2.24. The number of nitrogens with zero attached hydrogens (tertiary/aromatic N) is 2. The van der Waals surface area contributed by atoms with Crippen molar-refractivity contribution in [2.75, 3.05) is 5.01 Å². The van der Waals surface area contributed by atoms with Gasteiger partial charge in [0.05, 0.1) is 11.7 Å². The predicted octanol–water partition coefficient (Wildman–Crippen LogP) is 1.73. The number of carbonyl (C=O) groups is 1. The maximum Gasteiger partial charge on any atom is 0.222 e. The van der Waals surface area contributed by atoms with Crippen LogP contribution in [0.5, 0.6) is 0 Å². The number of anilines is 1. The van der Waals surface area contributed by atoms with Gasteiger partial charge in [0.2, 0.25) is 5.91 Å². The van der Waals surface area contributed by atoms with Crippen molar-refractivity contribution in [1.82, 2.24) is 5.32 Å². The molecule has 1 aromatic rings. The third-order valence-electron chi connectivity index (χ3n) is 2.48. The Bertz CT molecular complexity index is 414. The Balaban J connectivity index is 2.17. The van der Waals surface area contributed by atoms with E-state index in [9.17, 15) is 4.79 Å². The van der Waals surface area contributed by atoms with Gasteiger partial charge in [-0.1, -0.05) is 18.2 Å². The van der Waals surface area contributed by atoms with Gasteiger partial charge in [-0.25, -0.2) is 0 Å². The van der Waals surface area contributed by atoms with Crippen LogP contribution in [0, 0.1) is 0 Å². The summed E-state index contributed by atoms with van der Waals surface area (Å²) in [5.74, 6) is 0.671. The summed E-state index contributed by atoms with van der Waals surface area (Å²) in [5.41, 5.74) is 1.05. The molecule has 84 valence electrons. The molecule has 2 rings (SSSR count). The van der Waals surface area contributed by atoms with Gasteiger partial charge in [0, 0.05) is 13.3 Å². The Morgan fingerprint density at radius 2 is 2.12 bits per heavy atom. The third-order valence-corrected chi connectivity index (χ3v) is 2.48. The van der Waals surface area contributed by atoms with Crippen molar-refractivity contribution < 1.29 is 4.79 Å². The molecule has 1 unspecified atom stereocenters. The molecule has 4 nitrogen and oxygen atoms in total. The van der Waals surface area contributed by atoms with E-state index in [0.29, 0.717) is 0 Å². The summed E-state index contributed by atoms with van der Waals surface area (Å²) in [5, 5.41) is 9.07. The molecule has 0 saturated carbocycles. The minimum Gasteiger partial charge on any atom is -0.313 e. The Morgan fingerprint density at radius 3 is 2.75 bits per heavy atom. The molecule has 0 radical (unpaired) electrons. The number of benzene rings is 1. The highest BCUT2D eigenvalue weighted by atomic mass is 16.1. The highest BCUT2D eigenvalue weighted by molar-refractivity contribution is 5.99. The van der Waals surface area contributed by atoms with Gasteiger partial charge >= 0.3 is 0 Å². The van der Waals surface area contributed by atoms with Crippen LogP contribution in [0.25, 0.3) is 0 Å². The molecule has 1 aromatic carbocycles. The van der Waals surface area contributed by atoms with Crippen LogP contribution >= 0.6 is 0 Å². The fourth-order valence-corrected chi connectivity index (χ4v) is 1.81. The summed E-state index contributed by atoms with van der Waals surface area (Å²) in [4.78, 5) is 10.9. The first-order chi connectivity index (χ1) is 7.66. The molecule has 0 aromatic heterocycles. The van der Waals surface area contributed by atoms with Crippen LogP contribution in [-0.2, 0) is 4.79 Å². The molecule has 0 bridgehead atoms. The van der Waals surface area contributed by atoms with E-state index in [1.165, 1.54) is 6.92 Å². The van der Waals surface area contributed by atoms with Gasteiger partial charge in [0.25, 0.3) is 0 Å². The van der Waals surface area contributed by atoms with E-state index in [2.05, 4.69) is 17.3 Å². The lowest BCUT2D eigenvalue weighted by molar-refractivity contribution is -0.117. The molecule has 1 atom stereocenters. The zero-order valence-electron chi connectivity index (χ0n) is 9.47. The highest BCUT2D eigenvalue weighted by Crippen LogP contribution is 2.22. The standard InChI is InChI=1S/C12H15N3O/c1-9-8-12(13-10(2)16)14-15(9)11-6-4-3-5-7-11/h3-7,9H,8H2,1-2H3,(H,13,14,16). The van der Waals surface area contributed by atoms with Crippen LogP contribution in [0.3, 0.4) is 0 Å². The Morgan fingerprint density at radius 1 is 1.44 bits per heavy atom. The average molecular weight is 217 g/mol. The van der Waals surface area contributed by atoms with E-state index in [4.69, 9.17) is 0 Å². The molecule has 0 spiro atoms. The van der Waals surface area contributed by atoms with Crippen molar-refractivity contribution in [2.45, 2.75) is 26.3 Å². The van der Waals surface area contributed by atoms with Gasteiger partial charge in [0.15, 0.2) is 0 Å². The van der Waals surface area contributed by atoms with E-state index in [1.807, 2.05) is 35.3 Å². The molecule has 1 heterocycles. The summed E-state index contributed by atoms with van der Waals surface area (Å²) >= 11 is 0. The Labute approximate surface area is 95.0 Å². The molecule has 1 aliphatic rings. The van der Waals surface area contributed by atoms with Crippen molar-refractivity contribution in [1.29, 1.82) is 0 Å². The fourth-order valence-electron chi connectivity index (χ4n) is 1.81. The zero-order chi connectivity index (χ0) is 11.5. The molecule has 1 N–H and O–H groups in total. The molecule has 16 heavy (non-hydrogen) atoms. The van der Waals surface area contributed by atoms with Crippen molar-refractivity contribution >= 4 is 17.4 Å². The summed E-state index contributed by atoms with van der Waals surface area (Å²) in [6, 6.07) is 10.2. The number of hydrogen-bond acceptors (Lipinski definition) is 3. The third kappa shape index (κ3) is 2.21. The second-order valence-electron chi connectivity index (χ2n) is 3.96. The quantitative estimate of drug-likeness (QED) is 0.778. The number of nitrogens with one attached hydrogen (secondary N) is 1. The van der Waals surface area contributed by atoms with E-state index in [-0.39, 0.29) is 11.9 Å². The van der Waals surface area contributed by atoms with Crippen LogP contribution < -0.4 is 10.3 Å². The van der Waals surface area contributed by atoms with Gasteiger partial charge in [-0.05, 0) is 19.1 Å². The van der Waals surface area contributed by atoms with Crippen LogP contribution in [0.1, 0.15) is 20.3 Å². The maximum atomic E-state index is 10.9. The second kappa shape index (κ2) is 4.35. The number of amides is 1. The van der Waals surface area contributed by atoms with Crippen LogP contribution in [0.4, 0.5) is 5.69 Å². The number of para-hydroxylation sites is 1. The first-order valence-electron chi connectivity index (χ1n) is 5.36. The lowest BCUT2D eigenvalue weighted by Gasteiger charge is -2.19. The summed E-state index contributed by atoms with van der Waals surface area (Å²) in [7, 11) is 0. The van der Waals surface area contributed by atoms with Crippen LogP contribution in [0.2, 0.25) is 0 Å². The SMILES string of the molecule is CC(=O)NC1=NN(c2ccccc2)C(C)C1. The Hall–Kier alpha value is -1.84. The van der Waals surface area contributed by atoms with Gasteiger partial charge in [-0.15, -0.1) is 0 Å².